The van der Waals surface area contributed by atoms with Crippen molar-refractivity contribution in [1.82, 2.24) is 25.3 Å². The average molecular weight is 396 g/mol. The molecule has 1 aliphatic heterocycles. The van der Waals surface area contributed by atoms with E-state index in [2.05, 4.69) is 15.8 Å². The van der Waals surface area contributed by atoms with Gasteiger partial charge in [-0.3, -0.25) is 14.8 Å². The quantitative estimate of drug-likeness (QED) is 0.364. The van der Waals surface area contributed by atoms with Crippen molar-refractivity contribution in [2.45, 2.75) is 11.6 Å². The molecule has 0 bridgehead atoms. The molecule has 146 valence electrons. The summed E-state index contributed by atoms with van der Waals surface area (Å²) in [6.07, 6.45) is 1.01. The Kier molecular flexibility index (Phi) is 6.38. The van der Waals surface area contributed by atoms with Crippen molar-refractivity contribution in [3.63, 3.8) is 0 Å². The smallest absolute Gasteiger partial charge is 0.266 e. The first-order valence-electron chi connectivity index (χ1n) is 9.72. The second-order valence-electron chi connectivity index (χ2n) is 6.73. The molecule has 0 unspecified atom stereocenters. The summed E-state index contributed by atoms with van der Waals surface area (Å²) in [5.41, 5.74) is 5.08. The van der Waals surface area contributed by atoms with E-state index in [1.165, 1.54) is 0 Å². The van der Waals surface area contributed by atoms with Crippen molar-refractivity contribution in [3.05, 3.63) is 65.0 Å². The number of piperazine rings is 1. The zero-order valence-electron chi connectivity index (χ0n) is 15.8. The Bertz CT molecular complexity index is 969. The molecule has 6 nitrogen and oxygen atoms in total. The summed E-state index contributed by atoms with van der Waals surface area (Å²) in [6.45, 7) is 5.06. The van der Waals surface area contributed by atoms with Gasteiger partial charge in [0.05, 0.1) is 16.6 Å². The van der Waals surface area contributed by atoms with Gasteiger partial charge in [0.15, 0.2) is 5.16 Å². The fourth-order valence-corrected chi connectivity index (χ4v) is 4.26. The fraction of sp³-hybridized carbons (Fsp3) is 0.333. The number of hydrogen-bond acceptors (Lipinski definition) is 6. The number of nitrogens with zero attached hydrogens (tertiary/aromatic N) is 3. The number of nitrogens with one attached hydrogen (secondary N) is 2. The van der Waals surface area contributed by atoms with Gasteiger partial charge in [0.25, 0.3) is 5.56 Å². The van der Waals surface area contributed by atoms with Crippen LogP contribution in [-0.4, -0.2) is 53.0 Å². The van der Waals surface area contributed by atoms with Gasteiger partial charge in [-0.05, 0) is 30.7 Å². The SMILES string of the molecule is O=c1c2ccccc2nc(SCCCNN2CCNCC2)n1-c1ccccc1. The van der Waals surface area contributed by atoms with E-state index >= 15 is 0 Å². The minimum Gasteiger partial charge on any atom is -0.314 e. The van der Waals surface area contributed by atoms with Gasteiger partial charge in [0.1, 0.15) is 0 Å². The van der Waals surface area contributed by atoms with Gasteiger partial charge in [0, 0.05) is 38.5 Å². The highest BCUT2D eigenvalue weighted by molar-refractivity contribution is 7.99. The first kappa shape index (κ1) is 19.1. The Morgan fingerprint density at radius 1 is 1.04 bits per heavy atom. The van der Waals surface area contributed by atoms with Crippen LogP contribution in [0.5, 0.6) is 0 Å². The van der Waals surface area contributed by atoms with E-state index in [-0.39, 0.29) is 5.56 Å². The number of para-hydroxylation sites is 2. The van der Waals surface area contributed by atoms with E-state index in [4.69, 9.17) is 4.98 Å². The maximum absolute atomic E-state index is 13.1. The maximum atomic E-state index is 13.1. The van der Waals surface area contributed by atoms with Gasteiger partial charge in [0.2, 0.25) is 0 Å². The molecule has 2 heterocycles. The van der Waals surface area contributed by atoms with Crippen LogP contribution in [0.1, 0.15) is 6.42 Å². The third kappa shape index (κ3) is 4.44. The molecule has 4 rings (SSSR count). The van der Waals surface area contributed by atoms with Crippen LogP contribution in [0.2, 0.25) is 0 Å². The molecule has 1 fully saturated rings. The first-order chi connectivity index (χ1) is 13.8. The van der Waals surface area contributed by atoms with E-state index in [1.54, 1.807) is 16.3 Å². The molecule has 0 saturated carbocycles. The van der Waals surface area contributed by atoms with E-state index in [9.17, 15) is 4.79 Å². The average Bonchev–Trinajstić information content (AvgIpc) is 2.75. The third-order valence-corrected chi connectivity index (χ3v) is 5.79. The van der Waals surface area contributed by atoms with Crippen LogP contribution >= 0.6 is 11.8 Å². The number of aromatic nitrogens is 2. The van der Waals surface area contributed by atoms with E-state index in [1.807, 2.05) is 54.6 Å². The lowest BCUT2D eigenvalue weighted by atomic mass is 10.2. The number of thioether (sulfide) groups is 1. The highest BCUT2D eigenvalue weighted by Gasteiger charge is 2.13. The highest BCUT2D eigenvalue weighted by Crippen LogP contribution is 2.21. The van der Waals surface area contributed by atoms with Gasteiger partial charge in [-0.2, -0.15) is 0 Å². The van der Waals surface area contributed by atoms with Crippen LogP contribution in [0.15, 0.2) is 64.5 Å². The lowest BCUT2D eigenvalue weighted by Gasteiger charge is -2.27. The Labute approximate surface area is 168 Å². The number of benzene rings is 2. The fourth-order valence-electron chi connectivity index (χ4n) is 3.31. The molecule has 1 aromatic heterocycles. The molecule has 28 heavy (non-hydrogen) atoms. The van der Waals surface area contributed by atoms with E-state index in [0.717, 1.165) is 61.3 Å². The van der Waals surface area contributed by atoms with Crippen molar-refractivity contribution in [2.24, 2.45) is 0 Å². The molecule has 1 saturated heterocycles. The van der Waals surface area contributed by atoms with Crippen LogP contribution in [0.3, 0.4) is 0 Å². The molecule has 2 N–H and O–H groups in total. The number of rotatable bonds is 7. The molecule has 0 radical (unpaired) electrons. The number of hydrogen-bond donors (Lipinski definition) is 2. The predicted octanol–water partition coefficient (Wildman–Crippen LogP) is 2.28. The summed E-state index contributed by atoms with van der Waals surface area (Å²) >= 11 is 1.64. The molecule has 0 amide bonds. The normalized spacial score (nSPS) is 15.1. The molecular weight excluding hydrogens is 370 g/mol. The predicted molar refractivity (Wildman–Crippen MR) is 115 cm³/mol. The Balaban J connectivity index is 1.50. The van der Waals surface area contributed by atoms with Crippen molar-refractivity contribution >= 4 is 22.7 Å². The molecule has 0 atom stereocenters. The molecule has 1 aliphatic rings. The summed E-state index contributed by atoms with van der Waals surface area (Å²) in [4.78, 5) is 17.9. The second-order valence-corrected chi connectivity index (χ2v) is 7.80. The summed E-state index contributed by atoms with van der Waals surface area (Å²) in [5, 5.41) is 7.02. The summed E-state index contributed by atoms with van der Waals surface area (Å²) in [6, 6.07) is 17.3. The molecule has 0 spiro atoms. The maximum Gasteiger partial charge on any atom is 0.266 e. The van der Waals surface area contributed by atoms with Crippen molar-refractivity contribution in [1.29, 1.82) is 0 Å². The Hall–Kier alpha value is -2.19. The van der Waals surface area contributed by atoms with Crippen LogP contribution in [0.4, 0.5) is 0 Å². The van der Waals surface area contributed by atoms with Crippen LogP contribution in [-0.2, 0) is 0 Å². The van der Waals surface area contributed by atoms with Crippen molar-refractivity contribution in [2.75, 3.05) is 38.5 Å². The Morgan fingerprint density at radius 3 is 2.61 bits per heavy atom. The Morgan fingerprint density at radius 2 is 1.79 bits per heavy atom. The second kappa shape index (κ2) is 9.34. The minimum absolute atomic E-state index is 0.0155. The van der Waals surface area contributed by atoms with Gasteiger partial charge in [-0.1, -0.05) is 42.1 Å². The summed E-state index contributed by atoms with van der Waals surface area (Å²) in [5.74, 6) is 0.900. The zero-order valence-corrected chi connectivity index (χ0v) is 16.6. The van der Waals surface area contributed by atoms with Crippen molar-refractivity contribution < 1.29 is 0 Å². The van der Waals surface area contributed by atoms with Crippen molar-refractivity contribution in [3.8, 4) is 5.69 Å². The lowest BCUT2D eigenvalue weighted by molar-refractivity contribution is 0.165. The van der Waals surface area contributed by atoms with Crippen LogP contribution in [0.25, 0.3) is 16.6 Å². The number of hydrazine groups is 1. The standard InChI is InChI=1S/C21H25N5OS/c27-20-18-9-4-5-10-19(18)24-21(26(20)17-7-2-1-3-8-17)28-16-6-11-23-25-14-12-22-13-15-25/h1-5,7-10,22-23H,6,11-16H2. The van der Waals surface area contributed by atoms with Crippen LogP contribution in [0, 0.1) is 0 Å². The summed E-state index contributed by atoms with van der Waals surface area (Å²) < 4.78 is 1.73. The molecule has 0 aliphatic carbocycles. The summed E-state index contributed by atoms with van der Waals surface area (Å²) in [7, 11) is 0. The minimum atomic E-state index is -0.0155. The van der Waals surface area contributed by atoms with Gasteiger partial charge < -0.3 is 5.32 Å². The monoisotopic (exact) mass is 395 g/mol. The molecule has 7 heteroatoms. The molecular formula is C21H25N5OS. The highest BCUT2D eigenvalue weighted by atomic mass is 32.2. The molecule has 3 aromatic rings. The third-order valence-electron chi connectivity index (χ3n) is 4.76. The van der Waals surface area contributed by atoms with E-state index in [0.29, 0.717) is 5.39 Å². The topological polar surface area (TPSA) is 62.2 Å². The number of fused-ring (bicyclic) bond motifs is 1. The zero-order chi connectivity index (χ0) is 19.2. The largest absolute Gasteiger partial charge is 0.314 e. The van der Waals surface area contributed by atoms with Gasteiger partial charge in [-0.25, -0.2) is 9.99 Å². The van der Waals surface area contributed by atoms with Gasteiger partial charge >= 0.3 is 0 Å². The van der Waals surface area contributed by atoms with Crippen LogP contribution < -0.4 is 16.3 Å². The first-order valence-corrected chi connectivity index (χ1v) is 10.7. The lowest BCUT2D eigenvalue weighted by Crippen LogP contribution is -2.50. The van der Waals surface area contributed by atoms with Gasteiger partial charge in [-0.15, -0.1) is 0 Å². The van der Waals surface area contributed by atoms with E-state index < -0.39 is 0 Å². The molecule has 2 aromatic carbocycles.